The second-order valence-electron chi connectivity index (χ2n) is 5.51. The molecule has 2 rings (SSSR count). The summed E-state index contributed by atoms with van der Waals surface area (Å²) in [4.78, 5) is 11.9. The van der Waals surface area contributed by atoms with Crippen molar-refractivity contribution in [3.05, 3.63) is 71.3 Å². The lowest BCUT2D eigenvalue weighted by molar-refractivity contribution is -0.138. The molecule has 0 spiro atoms. The van der Waals surface area contributed by atoms with Crippen molar-refractivity contribution in [2.45, 2.75) is 26.4 Å². The molecular formula is C21H21NO3. The van der Waals surface area contributed by atoms with Crippen LogP contribution < -0.4 is 4.74 Å². The summed E-state index contributed by atoms with van der Waals surface area (Å²) >= 11 is 0. The normalized spacial score (nSPS) is 10.8. The maximum atomic E-state index is 11.9. The van der Waals surface area contributed by atoms with Crippen molar-refractivity contribution in [3.63, 3.8) is 0 Å². The maximum Gasteiger partial charge on any atom is 0.348 e. The highest BCUT2D eigenvalue weighted by Crippen LogP contribution is 2.18. The van der Waals surface area contributed by atoms with E-state index >= 15 is 0 Å². The predicted octanol–water partition coefficient (Wildman–Crippen LogP) is 4.52. The maximum absolute atomic E-state index is 11.9. The Balaban J connectivity index is 2.03. The van der Waals surface area contributed by atoms with Crippen LogP contribution in [0.2, 0.25) is 0 Å². The monoisotopic (exact) mass is 335 g/mol. The van der Waals surface area contributed by atoms with Gasteiger partial charge in [-0.25, -0.2) is 4.79 Å². The van der Waals surface area contributed by atoms with Gasteiger partial charge in [-0.3, -0.25) is 0 Å². The first-order chi connectivity index (χ1) is 12.2. The Bertz CT molecular complexity index is 760. The summed E-state index contributed by atoms with van der Waals surface area (Å²) in [5.74, 6) is 0.0841. The van der Waals surface area contributed by atoms with E-state index in [1.165, 1.54) is 6.08 Å². The van der Waals surface area contributed by atoms with Crippen LogP contribution in [-0.4, -0.2) is 12.6 Å². The van der Waals surface area contributed by atoms with Crippen molar-refractivity contribution >= 4 is 12.0 Å². The molecule has 0 heterocycles. The second-order valence-corrected chi connectivity index (χ2v) is 5.51. The zero-order valence-electron chi connectivity index (χ0n) is 14.3. The summed E-state index contributed by atoms with van der Waals surface area (Å²) in [6.45, 7) is 2.79. The van der Waals surface area contributed by atoms with Crippen molar-refractivity contribution in [1.29, 1.82) is 5.26 Å². The van der Waals surface area contributed by atoms with Crippen LogP contribution in [0.3, 0.4) is 0 Å². The molecule has 25 heavy (non-hydrogen) atoms. The van der Waals surface area contributed by atoms with Crippen LogP contribution in [0.1, 0.15) is 30.9 Å². The van der Waals surface area contributed by atoms with Gasteiger partial charge < -0.3 is 9.47 Å². The second kappa shape index (κ2) is 9.94. The van der Waals surface area contributed by atoms with Gasteiger partial charge in [0.05, 0.1) is 6.61 Å². The van der Waals surface area contributed by atoms with Gasteiger partial charge in [0.15, 0.2) is 0 Å². The smallest absolute Gasteiger partial charge is 0.348 e. The van der Waals surface area contributed by atoms with Crippen molar-refractivity contribution in [3.8, 4) is 11.8 Å². The number of esters is 1. The number of carbonyl (C=O) groups is 1. The Morgan fingerprint density at radius 2 is 1.96 bits per heavy atom. The fraction of sp³-hybridized carbons (Fsp3) is 0.238. The van der Waals surface area contributed by atoms with Crippen molar-refractivity contribution in [1.82, 2.24) is 0 Å². The molecule has 0 fully saturated rings. The molecule has 2 aromatic rings. The number of benzene rings is 2. The van der Waals surface area contributed by atoms with E-state index in [9.17, 15) is 10.1 Å². The summed E-state index contributed by atoms with van der Waals surface area (Å²) in [7, 11) is 0. The number of ether oxygens (including phenoxy) is 2. The first kappa shape index (κ1) is 18.3. The van der Waals surface area contributed by atoms with Gasteiger partial charge in [-0.15, -0.1) is 0 Å². The summed E-state index contributed by atoms with van der Waals surface area (Å²) in [6, 6.07) is 19.0. The topological polar surface area (TPSA) is 59.3 Å². The zero-order chi connectivity index (χ0) is 17.9. The van der Waals surface area contributed by atoms with Crippen molar-refractivity contribution in [2.24, 2.45) is 0 Å². The van der Waals surface area contributed by atoms with Gasteiger partial charge in [0, 0.05) is 0 Å². The Labute approximate surface area is 148 Å². The molecule has 0 atom stereocenters. The van der Waals surface area contributed by atoms with Crippen LogP contribution in [0.25, 0.3) is 6.08 Å². The van der Waals surface area contributed by atoms with Gasteiger partial charge in [0.2, 0.25) is 0 Å². The Kier molecular flexibility index (Phi) is 7.27. The molecule has 0 saturated heterocycles. The Morgan fingerprint density at radius 1 is 1.16 bits per heavy atom. The zero-order valence-corrected chi connectivity index (χ0v) is 14.3. The van der Waals surface area contributed by atoms with Crippen LogP contribution in [-0.2, 0) is 16.1 Å². The van der Waals surface area contributed by atoms with Crippen molar-refractivity contribution < 1.29 is 14.3 Å². The molecule has 0 radical (unpaired) electrons. The largest absolute Gasteiger partial charge is 0.489 e. The molecule has 0 bridgehead atoms. The van der Waals surface area contributed by atoms with Crippen LogP contribution in [0.4, 0.5) is 0 Å². The fourth-order valence-electron chi connectivity index (χ4n) is 2.13. The van der Waals surface area contributed by atoms with E-state index in [1.807, 2.05) is 61.5 Å². The first-order valence-corrected chi connectivity index (χ1v) is 8.28. The number of nitrogens with zero attached hydrogens (tertiary/aromatic N) is 1. The first-order valence-electron chi connectivity index (χ1n) is 8.28. The van der Waals surface area contributed by atoms with Gasteiger partial charge in [-0.1, -0.05) is 55.8 Å². The van der Waals surface area contributed by atoms with Gasteiger partial charge in [-0.2, -0.15) is 5.26 Å². The molecule has 4 heteroatoms. The summed E-state index contributed by atoms with van der Waals surface area (Å²) < 4.78 is 10.8. The lowest BCUT2D eigenvalue weighted by Crippen LogP contribution is -2.07. The third kappa shape index (κ3) is 6.15. The minimum Gasteiger partial charge on any atom is -0.489 e. The highest BCUT2D eigenvalue weighted by molar-refractivity contribution is 5.97. The number of hydrogen-bond acceptors (Lipinski definition) is 4. The van der Waals surface area contributed by atoms with Crippen LogP contribution in [0.15, 0.2) is 60.2 Å². The highest BCUT2D eigenvalue weighted by Gasteiger charge is 2.10. The lowest BCUT2D eigenvalue weighted by Gasteiger charge is -2.07. The number of nitriles is 1. The number of hydrogen-bond donors (Lipinski definition) is 0. The molecule has 0 unspecified atom stereocenters. The van der Waals surface area contributed by atoms with E-state index in [0.29, 0.717) is 19.0 Å². The molecule has 128 valence electrons. The molecule has 0 aromatic heterocycles. The molecule has 0 aliphatic heterocycles. The minimum absolute atomic E-state index is 0.0173. The third-order valence-electron chi connectivity index (χ3n) is 3.49. The molecular weight excluding hydrogens is 314 g/mol. The summed E-state index contributed by atoms with van der Waals surface area (Å²) in [5, 5.41) is 9.19. The van der Waals surface area contributed by atoms with Crippen molar-refractivity contribution in [2.75, 3.05) is 6.61 Å². The SMILES string of the molecule is CCCCOC(=O)/C(C#N)=C/c1cccc(OCc2ccccc2)c1. The van der Waals surface area contributed by atoms with Crippen LogP contribution in [0.5, 0.6) is 5.75 Å². The number of unbranched alkanes of at least 4 members (excludes halogenated alkanes) is 1. The average molecular weight is 335 g/mol. The average Bonchev–Trinajstić information content (AvgIpc) is 2.65. The molecule has 0 aliphatic carbocycles. The Hall–Kier alpha value is -3.06. The lowest BCUT2D eigenvalue weighted by atomic mass is 10.1. The quantitative estimate of drug-likeness (QED) is 0.308. The van der Waals surface area contributed by atoms with E-state index in [-0.39, 0.29) is 5.57 Å². The molecule has 0 amide bonds. The Morgan fingerprint density at radius 3 is 2.68 bits per heavy atom. The highest BCUT2D eigenvalue weighted by atomic mass is 16.5. The molecule has 0 aliphatic rings. The molecule has 0 N–H and O–H groups in total. The van der Waals surface area contributed by atoms with Gasteiger partial charge in [0.25, 0.3) is 0 Å². The van der Waals surface area contributed by atoms with Gasteiger partial charge in [-0.05, 0) is 35.8 Å². The van der Waals surface area contributed by atoms with E-state index in [2.05, 4.69) is 0 Å². The van der Waals surface area contributed by atoms with Gasteiger partial charge >= 0.3 is 5.97 Å². The van der Waals surface area contributed by atoms with E-state index in [1.54, 1.807) is 6.07 Å². The van der Waals surface area contributed by atoms with Gasteiger partial charge in [0.1, 0.15) is 24.0 Å². The molecule has 4 nitrogen and oxygen atoms in total. The third-order valence-corrected chi connectivity index (χ3v) is 3.49. The summed E-state index contributed by atoms with van der Waals surface area (Å²) in [6.07, 6.45) is 3.23. The number of carbonyl (C=O) groups excluding carboxylic acids is 1. The van der Waals surface area contributed by atoms with E-state index in [4.69, 9.17) is 9.47 Å². The van der Waals surface area contributed by atoms with E-state index in [0.717, 1.165) is 24.0 Å². The molecule has 0 saturated carbocycles. The minimum atomic E-state index is -0.591. The predicted molar refractivity (Wildman–Crippen MR) is 96.7 cm³/mol. The summed E-state index contributed by atoms with van der Waals surface area (Å²) in [5.41, 5.74) is 1.77. The number of rotatable bonds is 8. The van der Waals surface area contributed by atoms with Crippen LogP contribution in [0, 0.1) is 11.3 Å². The fourth-order valence-corrected chi connectivity index (χ4v) is 2.13. The molecule has 2 aromatic carbocycles. The van der Waals surface area contributed by atoms with Crippen LogP contribution >= 0.6 is 0 Å². The standard InChI is InChI=1S/C21H21NO3/c1-2-3-12-24-21(23)19(15-22)13-18-10-7-11-20(14-18)25-16-17-8-5-4-6-9-17/h4-11,13-14H,2-3,12,16H2,1H3/b19-13+. The van der Waals surface area contributed by atoms with E-state index < -0.39 is 5.97 Å².